The van der Waals surface area contributed by atoms with E-state index in [1.165, 1.54) is 0 Å². The first-order valence-corrected chi connectivity index (χ1v) is 6.16. The van der Waals surface area contributed by atoms with E-state index in [4.69, 9.17) is 9.47 Å². The van der Waals surface area contributed by atoms with E-state index in [1.807, 2.05) is 31.2 Å². The second-order valence-electron chi connectivity index (χ2n) is 3.88. The van der Waals surface area contributed by atoms with Crippen LogP contribution in [0.15, 0.2) is 36.7 Å². The molecule has 0 saturated heterocycles. The first-order chi connectivity index (χ1) is 9.33. The van der Waals surface area contributed by atoms with Gasteiger partial charge in [0.1, 0.15) is 0 Å². The van der Waals surface area contributed by atoms with Gasteiger partial charge in [-0.15, -0.1) is 0 Å². The summed E-state index contributed by atoms with van der Waals surface area (Å²) in [5.41, 5.74) is 0.884. The molecule has 1 aromatic heterocycles. The molecule has 1 N–H and O–H groups in total. The third-order valence-electron chi connectivity index (χ3n) is 2.52. The summed E-state index contributed by atoms with van der Waals surface area (Å²) in [6, 6.07) is 7.43. The lowest BCUT2D eigenvalue weighted by Crippen LogP contribution is -2.13. The van der Waals surface area contributed by atoms with E-state index in [0.717, 1.165) is 12.2 Å². The van der Waals surface area contributed by atoms with Crippen LogP contribution in [-0.4, -0.2) is 23.6 Å². The number of hydrogen-bond acceptors (Lipinski definition) is 5. The Labute approximate surface area is 112 Å². The fourth-order valence-corrected chi connectivity index (χ4v) is 1.56. The minimum absolute atomic E-state index is 0.449. The molecule has 0 aliphatic heterocycles. The van der Waals surface area contributed by atoms with Gasteiger partial charge in [-0.25, -0.2) is 4.98 Å². The zero-order chi connectivity index (χ0) is 13.5. The van der Waals surface area contributed by atoms with Crippen LogP contribution in [0.1, 0.15) is 12.6 Å². The molecule has 2 aromatic rings. The van der Waals surface area contributed by atoms with Crippen LogP contribution in [-0.2, 0) is 6.54 Å². The maximum absolute atomic E-state index is 5.64. The molecule has 100 valence electrons. The van der Waals surface area contributed by atoms with Crippen molar-refractivity contribution in [1.29, 1.82) is 0 Å². The Hall–Kier alpha value is -2.14. The summed E-state index contributed by atoms with van der Waals surface area (Å²) in [7, 11) is 1.60. The van der Waals surface area contributed by atoms with E-state index < -0.39 is 0 Å². The van der Waals surface area contributed by atoms with Crippen LogP contribution in [0.25, 0.3) is 0 Å². The highest BCUT2D eigenvalue weighted by Crippen LogP contribution is 2.29. The molecule has 0 bridgehead atoms. The molecule has 0 saturated carbocycles. The van der Waals surface area contributed by atoms with Crippen molar-refractivity contribution >= 4 is 0 Å². The van der Waals surface area contributed by atoms with Gasteiger partial charge < -0.3 is 14.8 Å². The number of nitrogens with zero attached hydrogens (tertiary/aromatic N) is 2. The molecule has 0 atom stereocenters. The molecule has 2 rings (SSSR count). The van der Waals surface area contributed by atoms with Gasteiger partial charge in [-0.05, 0) is 18.7 Å². The van der Waals surface area contributed by atoms with E-state index in [0.29, 0.717) is 23.9 Å². The van der Waals surface area contributed by atoms with Gasteiger partial charge in [0.2, 0.25) is 5.88 Å². The van der Waals surface area contributed by atoms with E-state index in [2.05, 4.69) is 15.3 Å². The summed E-state index contributed by atoms with van der Waals surface area (Å²) in [5, 5.41) is 3.19. The number of aromatic nitrogens is 2. The van der Waals surface area contributed by atoms with Gasteiger partial charge in [-0.2, -0.15) is 0 Å². The highest BCUT2D eigenvalue weighted by Gasteiger charge is 2.05. The number of para-hydroxylation sites is 2. The lowest BCUT2D eigenvalue weighted by atomic mass is 10.3. The lowest BCUT2D eigenvalue weighted by molar-refractivity contribution is 0.373. The maximum atomic E-state index is 5.64. The summed E-state index contributed by atoms with van der Waals surface area (Å²) in [6.45, 7) is 3.66. The van der Waals surface area contributed by atoms with E-state index in [1.54, 1.807) is 19.5 Å². The van der Waals surface area contributed by atoms with Crippen LogP contribution >= 0.6 is 0 Å². The number of ether oxygens (including phenoxy) is 2. The molecule has 0 unspecified atom stereocenters. The van der Waals surface area contributed by atoms with Crippen molar-refractivity contribution in [3.8, 4) is 17.4 Å². The Morgan fingerprint density at radius 2 is 1.89 bits per heavy atom. The lowest BCUT2D eigenvalue weighted by Gasteiger charge is -2.09. The van der Waals surface area contributed by atoms with Crippen molar-refractivity contribution in [3.63, 3.8) is 0 Å². The molecule has 1 aromatic carbocycles. The molecule has 0 spiro atoms. The third kappa shape index (κ3) is 3.66. The number of benzene rings is 1. The van der Waals surface area contributed by atoms with Gasteiger partial charge in [-0.3, -0.25) is 4.98 Å². The molecule has 0 aliphatic rings. The summed E-state index contributed by atoms with van der Waals surface area (Å²) in [6.07, 6.45) is 3.31. The zero-order valence-corrected chi connectivity index (χ0v) is 11.1. The van der Waals surface area contributed by atoms with Crippen molar-refractivity contribution in [2.45, 2.75) is 13.5 Å². The van der Waals surface area contributed by atoms with Crippen molar-refractivity contribution in [1.82, 2.24) is 15.3 Å². The van der Waals surface area contributed by atoms with E-state index >= 15 is 0 Å². The van der Waals surface area contributed by atoms with Crippen LogP contribution in [0.3, 0.4) is 0 Å². The Bertz CT molecular complexity index is 514. The molecule has 1 heterocycles. The molecular formula is C14H17N3O2. The highest BCUT2D eigenvalue weighted by molar-refractivity contribution is 5.41. The predicted molar refractivity (Wildman–Crippen MR) is 72.5 cm³/mol. The van der Waals surface area contributed by atoms with Gasteiger partial charge in [-0.1, -0.05) is 19.1 Å². The highest BCUT2D eigenvalue weighted by atomic mass is 16.5. The summed E-state index contributed by atoms with van der Waals surface area (Å²) in [5.74, 6) is 1.74. The molecular weight excluding hydrogens is 242 g/mol. The number of hydrogen-bond donors (Lipinski definition) is 1. The van der Waals surface area contributed by atoms with Gasteiger partial charge in [0.25, 0.3) is 0 Å². The Balaban J connectivity index is 2.06. The van der Waals surface area contributed by atoms with Crippen molar-refractivity contribution in [2.24, 2.45) is 0 Å². The van der Waals surface area contributed by atoms with Crippen molar-refractivity contribution in [2.75, 3.05) is 13.7 Å². The molecule has 5 nitrogen and oxygen atoms in total. The Morgan fingerprint density at radius 1 is 1.11 bits per heavy atom. The van der Waals surface area contributed by atoms with E-state index in [-0.39, 0.29) is 0 Å². The topological polar surface area (TPSA) is 56.3 Å². The van der Waals surface area contributed by atoms with Crippen LogP contribution in [0.2, 0.25) is 0 Å². The fourth-order valence-electron chi connectivity index (χ4n) is 1.56. The molecule has 0 aliphatic carbocycles. The predicted octanol–water partition coefficient (Wildman–Crippen LogP) is 2.39. The first kappa shape index (κ1) is 13.3. The quantitative estimate of drug-likeness (QED) is 0.863. The minimum atomic E-state index is 0.449. The summed E-state index contributed by atoms with van der Waals surface area (Å²) >= 11 is 0. The number of methoxy groups -OCH3 is 1. The summed E-state index contributed by atoms with van der Waals surface area (Å²) in [4.78, 5) is 8.50. The smallest absolute Gasteiger partial charge is 0.238 e. The standard InChI is InChI=1S/C14H17N3O2/c1-3-15-8-11-9-17-14(10-16-11)19-13-7-5-4-6-12(13)18-2/h4-7,9-10,15H,3,8H2,1-2H3. The molecule has 0 fully saturated rings. The molecule has 5 heteroatoms. The Morgan fingerprint density at radius 3 is 2.53 bits per heavy atom. The molecule has 0 amide bonds. The monoisotopic (exact) mass is 259 g/mol. The van der Waals surface area contributed by atoms with Crippen molar-refractivity contribution < 1.29 is 9.47 Å². The largest absolute Gasteiger partial charge is 0.493 e. The maximum Gasteiger partial charge on any atom is 0.238 e. The Kier molecular flexibility index (Phi) is 4.69. The van der Waals surface area contributed by atoms with Gasteiger partial charge in [0.05, 0.1) is 25.2 Å². The summed E-state index contributed by atoms with van der Waals surface area (Å²) < 4.78 is 10.9. The minimum Gasteiger partial charge on any atom is -0.493 e. The van der Waals surface area contributed by atoms with Crippen molar-refractivity contribution in [3.05, 3.63) is 42.4 Å². The van der Waals surface area contributed by atoms with Gasteiger partial charge in [0.15, 0.2) is 11.5 Å². The van der Waals surface area contributed by atoms with Gasteiger partial charge >= 0.3 is 0 Å². The van der Waals surface area contributed by atoms with Crippen LogP contribution in [0, 0.1) is 0 Å². The van der Waals surface area contributed by atoms with Crippen LogP contribution in [0.4, 0.5) is 0 Å². The van der Waals surface area contributed by atoms with Crippen LogP contribution in [0.5, 0.6) is 17.4 Å². The molecule has 0 radical (unpaired) electrons. The average molecular weight is 259 g/mol. The van der Waals surface area contributed by atoms with E-state index in [9.17, 15) is 0 Å². The first-order valence-electron chi connectivity index (χ1n) is 6.16. The van der Waals surface area contributed by atoms with Gasteiger partial charge in [0, 0.05) is 6.54 Å². The normalized spacial score (nSPS) is 10.2. The number of nitrogens with one attached hydrogen (secondary N) is 1. The molecule has 19 heavy (non-hydrogen) atoms. The fraction of sp³-hybridized carbons (Fsp3) is 0.286. The second kappa shape index (κ2) is 6.70. The number of rotatable bonds is 6. The third-order valence-corrected chi connectivity index (χ3v) is 2.52. The second-order valence-corrected chi connectivity index (χ2v) is 3.88. The average Bonchev–Trinajstić information content (AvgIpc) is 2.47. The van der Waals surface area contributed by atoms with Crippen LogP contribution < -0.4 is 14.8 Å². The zero-order valence-electron chi connectivity index (χ0n) is 11.1. The SMILES string of the molecule is CCNCc1cnc(Oc2ccccc2OC)cn1.